The zero-order valence-corrected chi connectivity index (χ0v) is 14.2. The lowest BCUT2D eigenvalue weighted by molar-refractivity contribution is -0.121. The van der Waals surface area contributed by atoms with Crippen LogP contribution in [0.2, 0.25) is 0 Å². The highest BCUT2D eigenvalue weighted by Crippen LogP contribution is 2.29. The standard InChI is InChI=1S/C17H28N2OS/c1-4-17(5-2,21-3)13-19-16(20)12-11-15(18)14-9-7-6-8-10-14/h6-10,15H,4-5,11-13,18H2,1-3H3,(H,19,20). The third-order valence-electron chi connectivity index (χ3n) is 4.24. The molecular weight excluding hydrogens is 280 g/mol. The zero-order valence-electron chi connectivity index (χ0n) is 13.4. The molecule has 4 heteroatoms. The van der Waals surface area contributed by atoms with E-state index in [4.69, 9.17) is 5.73 Å². The van der Waals surface area contributed by atoms with Gasteiger partial charge >= 0.3 is 0 Å². The molecule has 0 aliphatic rings. The van der Waals surface area contributed by atoms with Crippen molar-refractivity contribution < 1.29 is 4.79 Å². The summed E-state index contributed by atoms with van der Waals surface area (Å²) in [5.41, 5.74) is 7.21. The van der Waals surface area contributed by atoms with E-state index in [0.717, 1.165) is 24.9 Å². The number of hydrogen-bond donors (Lipinski definition) is 2. The fourth-order valence-electron chi connectivity index (χ4n) is 2.36. The van der Waals surface area contributed by atoms with Gasteiger partial charge in [0.2, 0.25) is 5.91 Å². The van der Waals surface area contributed by atoms with E-state index in [1.54, 1.807) is 0 Å². The van der Waals surface area contributed by atoms with E-state index < -0.39 is 0 Å². The van der Waals surface area contributed by atoms with Gasteiger partial charge in [-0.15, -0.1) is 0 Å². The highest BCUT2D eigenvalue weighted by Gasteiger charge is 2.25. The van der Waals surface area contributed by atoms with Crippen LogP contribution in [0.25, 0.3) is 0 Å². The third-order valence-corrected chi connectivity index (χ3v) is 5.83. The maximum atomic E-state index is 12.0. The van der Waals surface area contributed by atoms with Crippen LogP contribution in [0.3, 0.4) is 0 Å². The molecule has 1 aromatic carbocycles. The van der Waals surface area contributed by atoms with E-state index in [2.05, 4.69) is 25.4 Å². The van der Waals surface area contributed by atoms with Crippen LogP contribution >= 0.6 is 11.8 Å². The second-order valence-electron chi connectivity index (χ2n) is 5.43. The minimum Gasteiger partial charge on any atom is -0.355 e. The van der Waals surface area contributed by atoms with Gasteiger partial charge in [0.05, 0.1) is 0 Å². The SMILES string of the molecule is CCC(CC)(CNC(=O)CCC(N)c1ccccc1)SC. The normalized spacial score (nSPS) is 13.0. The molecule has 0 spiro atoms. The summed E-state index contributed by atoms with van der Waals surface area (Å²) < 4.78 is 0.164. The maximum Gasteiger partial charge on any atom is 0.220 e. The molecule has 0 bridgehead atoms. The van der Waals surface area contributed by atoms with Gasteiger partial charge in [-0.3, -0.25) is 4.79 Å². The molecule has 0 fully saturated rings. The average molecular weight is 308 g/mol. The lowest BCUT2D eigenvalue weighted by Crippen LogP contribution is -2.39. The molecule has 21 heavy (non-hydrogen) atoms. The summed E-state index contributed by atoms with van der Waals surface area (Å²) in [5.74, 6) is 0.0988. The Balaban J connectivity index is 2.37. The summed E-state index contributed by atoms with van der Waals surface area (Å²) >= 11 is 1.84. The first-order valence-corrected chi connectivity index (χ1v) is 8.91. The molecule has 0 aliphatic heterocycles. The monoisotopic (exact) mass is 308 g/mol. The molecule has 0 aromatic heterocycles. The van der Waals surface area contributed by atoms with Crippen molar-refractivity contribution in [2.24, 2.45) is 5.73 Å². The van der Waals surface area contributed by atoms with Crippen LogP contribution in [0, 0.1) is 0 Å². The Bertz CT molecular complexity index is 410. The highest BCUT2D eigenvalue weighted by atomic mass is 32.2. The largest absolute Gasteiger partial charge is 0.355 e. The molecule has 1 aromatic rings. The Labute approximate surface area is 133 Å². The van der Waals surface area contributed by atoms with Crippen molar-refractivity contribution in [3.05, 3.63) is 35.9 Å². The predicted octanol–water partition coefficient (Wildman–Crippen LogP) is 3.50. The lowest BCUT2D eigenvalue weighted by Gasteiger charge is -2.29. The molecule has 0 saturated carbocycles. The summed E-state index contributed by atoms with van der Waals surface area (Å²) in [6.07, 6.45) is 5.40. The van der Waals surface area contributed by atoms with Crippen LogP contribution in [0.4, 0.5) is 0 Å². The number of amides is 1. The summed E-state index contributed by atoms with van der Waals surface area (Å²) in [4.78, 5) is 12.0. The second kappa shape index (κ2) is 9.11. The second-order valence-corrected chi connectivity index (χ2v) is 6.70. The number of thioether (sulfide) groups is 1. The molecule has 0 aliphatic carbocycles. The van der Waals surface area contributed by atoms with Gasteiger partial charge in [-0.25, -0.2) is 0 Å². The van der Waals surface area contributed by atoms with Crippen LogP contribution < -0.4 is 11.1 Å². The Morgan fingerprint density at radius 2 is 1.90 bits per heavy atom. The van der Waals surface area contributed by atoms with Gasteiger partial charge in [0, 0.05) is 23.8 Å². The minimum absolute atomic E-state index is 0.0698. The van der Waals surface area contributed by atoms with Crippen molar-refractivity contribution in [3.63, 3.8) is 0 Å². The summed E-state index contributed by atoms with van der Waals surface area (Å²) in [5, 5.41) is 3.07. The van der Waals surface area contributed by atoms with Crippen LogP contribution in [-0.4, -0.2) is 23.5 Å². The molecule has 1 unspecified atom stereocenters. The molecule has 0 radical (unpaired) electrons. The van der Waals surface area contributed by atoms with Crippen LogP contribution in [0.1, 0.15) is 51.1 Å². The molecular formula is C17H28N2OS. The molecule has 1 atom stereocenters. The lowest BCUT2D eigenvalue weighted by atomic mass is 10.0. The predicted molar refractivity (Wildman–Crippen MR) is 92.4 cm³/mol. The van der Waals surface area contributed by atoms with Crippen molar-refractivity contribution in [3.8, 4) is 0 Å². The summed E-state index contributed by atoms with van der Waals surface area (Å²) in [6.45, 7) is 5.09. The van der Waals surface area contributed by atoms with Gasteiger partial charge in [0.15, 0.2) is 0 Å². The molecule has 1 amide bonds. The molecule has 3 nitrogen and oxygen atoms in total. The van der Waals surface area contributed by atoms with Crippen molar-refractivity contribution in [2.45, 2.75) is 50.3 Å². The number of carbonyl (C=O) groups is 1. The van der Waals surface area contributed by atoms with Crippen molar-refractivity contribution in [1.29, 1.82) is 0 Å². The number of nitrogens with two attached hydrogens (primary N) is 1. The van der Waals surface area contributed by atoms with E-state index >= 15 is 0 Å². The van der Waals surface area contributed by atoms with Crippen molar-refractivity contribution in [2.75, 3.05) is 12.8 Å². The van der Waals surface area contributed by atoms with Gasteiger partial charge < -0.3 is 11.1 Å². The minimum atomic E-state index is -0.0698. The van der Waals surface area contributed by atoms with Crippen LogP contribution in [0.15, 0.2) is 30.3 Å². The number of carbonyl (C=O) groups excluding carboxylic acids is 1. The Hall–Kier alpha value is -1.00. The fraction of sp³-hybridized carbons (Fsp3) is 0.588. The first kappa shape index (κ1) is 18.1. The number of nitrogens with one attached hydrogen (secondary N) is 1. The first-order valence-electron chi connectivity index (χ1n) is 7.69. The molecule has 0 heterocycles. The number of benzene rings is 1. The van der Waals surface area contributed by atoms with E-state index in [1.807, 2.05) is 42.1 Å². The first-order chi connectivity index (χ1) is 10.1. The molecule has 0 saturated heterocycles. The van der Waals surface area contributed by atoms with Gasteiger partial charge in [0.25, 0.3) is 0 Å². The smallest absolute Gasteiger partial charge is 0.220 e. The van der Waals surface area contributed by atoms with Gasteiger partial charge in [0.1, 0.15) is 0 Å². The van der Waals surface area contributed by atoms with Gasteiger partial charge in [-0.1, -0.05) is 44.2 Å². The Kier molecular flexibility index (Phi) is 7.83. The molecule has 118 valence electrons. The quantitative estimate of drug-likeness (QED) is 0.734. The maximum absolute atomic E-state index is 12.0. The average Bonchev–Trinajstić information content (AvgIpc) is 2.55. The van der Waals surface area contributed by atoms with Crippen molar-refractivity contribution in [1.82, 2.24) is 5.32 Å². The highest BCUT2D eigenvalue weighted by molar-refractivity contribution is 8.00. The summed E-state index contributed by atoms with van der Waals surface area (Å²) in [7, 11) is 0. The third kappa shape index (κ3) is 5.71. The topological polar surface area (TPSA) is 55.1 Å². The summed E-state index contributed by atoms with van der Waals surface area (Å²) in [6, 6.07) is 9.88. The van der Waals surface area contributed by atoms with Gasteiger partial charge in [-0.05, 0) is 31.1 Å². The van der Waals surface area contributed by atoms with E-state index in [9.17, 15) is 4.79 Å². The Morgan fingerprint density at radius 3 is 2.43 bits per heavy atom. The van der Waals surface area contributed by atoms with E-state index in [0.29, 0.717) is 12.8 Å². The molecule has 1 rings (SSSR count). The van der Waals surface area contributed by atoms with Gasteiger partial charge in [-0.2, -0.15) is 11.8 Å². The van der Waals surface area contributed by atoms with E-state index in [-0.39, 0.29) is 16.7 Å². The van der Waals surface area contributed by atoms with Crippen LogP contribution in [-0.2, 0) is 4.79 Å². The van der Waals surface area contributed by atoms with Crippen LogP contribution in [0.5, 0.6) is 0 Å². The fourth-order valence-corrected chi connectivity index (χ4v) is 3.16. The Morgan fingerprint density at radius 1 is 1.29 bits per heavy atom. The number of hydrogen-bond acceptors (Lipinski definition) is 3. The van der Waals surface area contributed by atoms with E-state index in [1.165, 1.54) is 0 Å². The van der Waals surface area contributed by atoms with Crippen molar-refractivity contribution >= 4 is 17.7 Å². The molecule has 3 N–H and O–H groups in total. The zero-order chi connectivity index (χ0) is 15.7. The number of rotatable bonds is 9.